The molecule has 9 atom stereocenters. The van der Waals surface area contributed by atoms with E-state index >= 15 is 0 Å². The number of nitrogens with two attached hydrogens (primary N) is 3. The number of hydrogen-bond acceptors (Lipinski definition) is 20. The number of hydrogen-bond donors (Lipinski definition) is 18. The number of aliphatic imine (C=N–C) groups is 1. The number of aliphatic carboxylic acids is 2. The highest BCUT2D eigenvalue weighted by Gasteiger charge is 2.40. The van der Waals surface area contributed by atoms with E-state index < -0.39 is 152 Å². The molecule has 1 aliphatic heterocycles. The summed E-state index contributed by atoms with van der Waals surface area (Å²) in [4.78, 5) is 169. The van der Waals surface area contributed by atoms with Crippen LogP contribution in [0.4, 0.5) is 0 Å². The van der Waals surface area contributed by atoms with Crippen LogP contribution in [0.3, 0.4) is 0 Å². The highest BCUT2D eigenvalue weighted by Crippen LogP contribution is 2.19. The minimum absolute atomic E-state index is 0.0110. The number of carboxylic acid groups (broad SMARTS) is 2. The second kappa shape index (κ2) is 35.2. The fourth-order valence-electron chi connectivity index (χ4n) is 6.46. The summed E-state index contributed by atoms with van der Waals surface area (Å²) in [7, 11) is 0. The van der Waals surface area contributed by atoms with Crippen LogP contribution in [0.15, 0.2) is 4.99 Å². The van der Waals surface area contributed by atoms with E-state index in [-0.39, 0.29) is 79.8 Å². The Kier molecular flexibility index (Phi) is 31.0. The molecule has 0 aromatic carbocycles. The number of guanidine groups is 1. The van der Waals surface area contributed by atoms with Crippen LogP contribution in [0, 0.1) is 0 Å². The molecule has 1 fully saturated rings. The third-order valence-electron chi connectivity index (χ3n) is 10.4. The van der Waals surface area contributed by atoms with Gasteiger partial charge in [-0.1, -0.05) is 0 Å². The van der Waals surface area contributed by atoms with Gasteiger partial charge >= 0.3 is 11.9 Å². The van der Waals surface area contributed by atoms with Crippen LogP contribution >= 0.6 is 23.5 Å². The SMILES string of the molecule is CC(=O)NCSC[C@H](NC(=O)[C@H](CO)NC(=O)[C@H](CO)NC(=O)[C@H](C)NC(=O)[C@@H]1CCCN1C(=O)[C@H](CO)NC(=O)[C@H](CC(=O)O)NC(=O)CNC(=O)[C@H](CCCN=C(N)N)NC(=O)[C@@H](N)CSCNC(C)=O)C(=O)O. The van der Waals surface area contributed by atoms with Crippen molar-refractivity contribution >= 4 is 106 Å². The van der Waals surface area contributed by atoms with Crippen LogP contribution in [0.25, 0.3) is 0 Å². The topological polar surface area (TPSA) is 537 Å². The number of aliphatic hydroxyl groups excluding tert-OH is 3. The van der Waals surface area contributed by atoms with Crippen molar-refractivity contribution in [2.24, 2.45) is 22.2 Å². The Labute approximate surface area is 443 Å². The first-order chi connectivity index (χ1) is 35.8. The van der Waals surface area contributed by atoms with Crippen LogP contribution < -0.4 is 70.4 Å². The Bertz CT molecular complexity index is 2110. The zero-order valence-corrected chi connectivity index (χ0v) is 43.4. The maximum atomic E-state index is 13.7. The lowest BCUT2D eigenvalue weighted by molar-refractivity contribution is -0.144. The molecule has 11 amide bonds. The zero-order chi connectivity index (χ0) is 57.7. The first kappa shape index (κ1) is 66.9. The summed E-state index contributed by atoms with van der Waals surface area (Å²) in [5, 5.41) is 71.5. The molecule has 1 saturated heterocycles. The van der Waals surface area contributed by atoms with Gasteiger partial charge in [-0.15, -0.1) is 23.5 Å². The zero-order valence-electron chi connectivity index (χ0n) is 41.8. The van der Waals surface area contributed by atoms with Gasteiger partial charge in [0.05, 0.1) is 50.6 Å². The maximum absolute atomic E-state index is 13.7. The van der Waals surface area contributed by atoms with Gasteiger partial charge in [-0.3, -0.25) is 62.5 Å². The summed E-state index contributed by atoms with van der Waals surface area (Å²) >= 11 is 2.08. The van der Waals surface area contributed by atoms with Gasteiger partial charge in [0.1, 0.15) is 48.3 Å². The highest BCUT2D eigenvalue weighted by molar-refractivity contribution is 7.99. The molecule has 428 valence electrons. The third kappa shape index (κ3) is 25.4. The molecule has 0 spiro atoms. The van der Waals surface area contributed by atoms with E-state index in [0.29, 0.717) is 0 Å². The molecule has 0 aliphatic carbocycles. The second-order valence-electron chi connectivity index (χ2n) is 16.6. The number of nitrogens with one attached hydrogen (secondary N) is 10. The van der Waals surface area contributed by atoms with Crippen molar-refractivity contribution in [1.82, 2.24) is 58.1 Å². The molecular weight excluding hydrogens is 1050 g/mol. The smallest absolute Gasteiger partial charge is 0.327 e. The number of thioether (sulfide) groups is 2. The first-order valence-electron chi connectivity index (χ1n) is 23.2. The van der Waals surface area contributed by atoms with Crippen LogP contribution in [-0.2, 0) is 62.3 Å². The molecule has 0 aromatic heterocycles. The van der Waals surface area contributed by atoms with Crippen molar-refractivity contribution in [2.75, 3.05) is 62.7 Å². The molecule has 0 bridgehead atoms. The molecule has 0 unspecified atom stereocenters. The maximum Gasteiger partial charge on any atom is 0.327 e. The highest BCUT2D eigenvalue weighted by atomic mass is 32.2. The molecule has 0 radical (unpaired) electrons. The average molecular weight is 1120 g/mol. The number of carbonyl (C=O) groups excluding carboxylic acids is 11. The van der Waals surface area contributed by atoms with E-state index in [9.17, 15) is 87.9 Å². The summed E-state index contributed by atoms with van der Waals surface area (Å²) < 4.78 is 0. The van der Waals surface area contributed by atoms with E-state index in [2.05, 4.69) is 58.2 Å². The number of aliphatic hydroxyl groups is 3. The van der Waals surface area contributed by atoms with Gasteiger partial charge in [-0.2, -0.15) is 0 Å². The van der Waals surface area contributed by atoms with E-state index in [1.165, 1.54) is 20.8 Å². The molecule has 35 heteroatoms. The molecular formula is C41H69N15O18S2. The third-order valence-corrected chi connectivity index (χ3v) is 12.3. The average Bonchev–Trinajstić information content (AvgIpc) is 3.85. The Morgan fingerprint density at radius 2 is 1.14 bits per heavy atom. The summed E-state index contributed by atoms with van der Waals surface area (Å²) in [6.45, 7) is -0.395. The Hall–Kier alpha value is -7.08. The Morgan fingerprint density at radius 3 is 1.67 bits per heavy atom. The normalized spacial score (nSPS) is 15.9. The minimum Gasteiger partial charge on any atom is -0.481 e. The van der Waals surface area contributed by atoms with Crippen molar-refractivity contribution < 1.29 is 87.9 Å². The summed E-state index contributed by atoms with van der Waals surface area (Å²) in [5.74, 6) is -13.4. The van der Waals surface area contributed by atoms with Gasteiger partial charge in [0, 0.05) is 38.4 Å². The van der Waals surface area contributed by atoms with Crippen LogP contribution in [0.5, 0.6) is 0 Å². The predicted octanol–water partition coefficient (Wildman–Crippen LogP) is -9.92. The molecule has 1 rings (SSSR count). The van der Waals surface area contributed by atoms with Crippen LogP contribution in [0.2, 0.25) is 0 Å². The van der Waals surface area contributed by atoms with Gasteiger partial charge in [-0.25, -0.2) is 4.79 Å². The lowest BCUT2D eigenvalue weighted by Crippen LogP contribution is -2.60. The quantitative estimate of drug-likeness (QED) is 0.0121. The van der Waals surface area contributed by atoms with E-state index in [1.54, 1.807) is 0 Å². The summed E-state index contributed by atoms with van der Waals surface area (Å²) in [6.07, 6.45) is -0.719. The van der Waals surface area contributed by atoms with E-state index in [1.807, 2.05) is 0 Å². The standard InChI is InChI=1S/C41H69N15O18S2/c1-19(32(65)52-25(12-57)36(69)53-26(13-58)37(70)55-28(40(73)74)16-76-18-48-21(3)61)49-38(71)29-7-5-9-56(29)39(72)27(14-59)54-35(68)24(10-31(63)64)50-30(62)11-46-34(67)23(6-4-8-45-41(43)44)51-33(66)22(42)15-75-17-47-20(2)60/h19,22-29,57-59H,4-18,42H2,1-3H3,(H,46,67)(H,47,60)(H,48,61)(H,49,71)(H,50,62)(H,51,66)(H,52,65)(H,53,69)(H,54,68)(H,55,70)(H,63,64)(H,73,74)(H4,43,44,45)/t19-,22-,23-,24-,25-,26-,27-,28-,29-/m0/s1. The summed E-state index contributed by atoms with van der Waals surface area (Å²) in [6, 6.07) is -14.0. The number of carbonyl (C=O) groups is 13. The molecule has 0 saturated carbocycles. The van der Waals surface area contributed by atoms with Crippen molar-refractivity contribution in [2.45, 2.75) is 107 Å². The van der Waals surface area contributed by atoms with Gasteiger partial charge < -0.3 is 101 Å². The number of carboxylic acids is 2. The summed E-state index contributed by atoms with van der Waals surface area (Å²) in [5.41, 5.74) is 16.6. The largest absolute Gasteiger partial charge is 0.481 e. The van der Waals surface area contributed by atoms with Gasteiger partial charge in [0.15, 0.2) is 5.96 Å². The number of nitrogens with zero attached hydrogens (tertiary/aromatic N) is 2. The Balaban J connectivity index is 2.98. The van der Waals surface area contributed by atoms with E-state index in [0.717, 1.165) is 28.4 Å². The van der Waals surface area contributed by atoms with Crippen molar-refractivity contribution in [1.29, 1.82) is 0 Å². The van der Waals surface area contributed by atoms with Gasteiger partial charge in [0.25, 0.3) is 0 Å². The van der Waals surface area contributed by atoms with E-state index in [4.69, 9.17) is 17.2 Å². The molecule has 0 aromatic rings. The molecule has 76 heavy (non-hydrogen) atoms. The fraction of sp³-hybridized carbons (Fsp3) is 0.659. The number of likely N-dealkylation sites (tertiary alicyclic amines) is 1. The fourth-order valence-corrected chi connectivity index (χ4v) is 8.17. The minimum atomic E-state index is -1.90. The lowest BCUT2D eigenvalue weighted by atomic mass is 10.1. The second-order valence-corrected chi connectivity index (χ2v) is 18.7. The predicted molar refractivity (Wildman–Crippen MR) is 268 cm³/mol. The first-order valence-corrected chi connectivity index (χ1v) is 25.5. The monoisotopic (exact) mass is 1120 g/mol. The molecule has 1 aliphatic rings. The van der Waals surface area contributed by atoms with Crippen LogP contribution in [-0.4, -0.2) is 230 Å². The van der Waals surface area contributed by atoms with Crippen molar-refractivity contribution in [3.8, 4) is 0 Å². The van der Waals surface area contributed by atoms with Gasteiger partial charge in [-0.05, 0) is 32.6 Å². The number of rotatable bonds is 35. The molecule has 33 nitrogen and oxygen atoms in total. The van der Waals surface area contributed by atoms with Crippen molar-refractivity contribution in [3.05, 3.63) is 0 Å². The lowest BCUT2D eigenvalue weighted by Gasteiger charge is -2.29. The Morgan fingerprint density at radius 1 is 0.632 bits per heavy atom. The van der Waals surface area contributed by atoms with Gasteiger partial charge in [0.2, 0.25) is 65.0 Å². The van der Waals surface area contributed by atoms with Crippen LogP contribution in [0.1, 0.15) is 52.9 Å². The molecule has 21 N–H and O–H groups in total. The molecule has 1 heterocycles. The number of amides is 11. The van der Waals surface area contributed by atoms with Crippen molar-refractivity contribution in [3.63, 3.8) is 0 Å².